The Kier molecular flexibility index (Phi) is 3.92. The number of ether oxygens (including phenoxy) is 3. The van der Waals surface area contributed by atoms with Crippen molar-refractivity contribution in [3.8, 4) is 11.5 Å². The minimum Gasteiger partial charge on any atom is -0.497 e. The molecule has 0 saturated carbocycles. The predicted octanol–water partition coefficient (Wildman–Crippen LogP) is 3.20. The van der Waals surface area contributed by atoms with Gasteiger partial charge in [0.1, 0.15) is 11.5 Å². The summed E-state index contributed by atoms with van der Waals surface area (Å²) in [5, 5.41) is 3.35. The topological polar surface area (TPSA) is 56.8 Å². The minimum atomic E-state index is -1.35. The smallest absolute Gasteiger partial charge is 0.266 e. The maximum absolute atomic E-state index is 12.8. The summed E-state index contributed by atoms with van der Waals surface area (Å²) < 4.78 is 16.4. The highest BCUT2D eigenvalue weighted by atomic mass is 35.5. The summed E-state index contributed by atoms with van der Waals surface area (Å²) in [4.78, 5) is 12.8. The first-order valence-corrected chi connectivity index (χ1v) is 7.33. The number of anilines is 1. The lowest BCUT2D eigenvalue weighted by atomic mass is 9.86. The van der Waals surface area contributed by atoms with Crippen LogP contribution in [0.15, 0.2) is 36.4 Å². The van der Waals surface area contributed by atoms with Gasteiger partial charge in [0, 0.05) is 28.9 Å². The maximum atomic E-state index is 12.8. The molecule has 23 heavy (non-hydrogen) atoms. The number of fused-ring (bicyclic) bond motifs is 1. The third kappa shape index (κ3) is 2.24. The van der Waals surface area contributed by atoms with E-state index in [1.807, 2.05) is 0 Å². The van der Waals surface area contributed by atoms with E-state index in [0.29, 0.717) is 33.3 Å². The molecule has 120 valence electrons. The number of nitrogens with one attached hydrogen (secondary N) is 1. The molecule has 0 radical (unpaired) electrons. The number of carbonyl (C=O) groups excluding carboxylic acids is 1. The number of amides is 1. The lowest BCUT2D eigenvalue weighted by Gasteiger charge is -2.28. The molecule has 1 aliphatic rings. The van der Waals surface area contributed by atoms with E-state index in [2.05, 4.69) is 5.32 Å². The average Bonchev–Trinajstić information content (AvgIpc) is 2.85. The van der Waals surface area contributed by atoms with Gasteiger partial charge >= 0.3 is 0 Å². The molecule has 2 aromatic rings. The molecular weight excluding hydrogens is 318 g/mol. The van der Waals surface area contributed by atoms with Gasteiger partial charge in [0.05, 0.1) is 14.2 Å². The van der Waals surface area contributed by atoms with Crippen LogP contribution in [-0.2, 0) is 15.1 Å². The van der Waals surface area contributed by atoms with E-state index >= 15 is 0 Å². The molecule has 6 heteroatoms. The van der Waals surface area contributed by atoms with E-state index in [-0.39, 0.29) is 5.91 Å². The number of hydrogen-bond acceptors (Lipinski definition) is 4. The fraction of sp³-hybridized carbons (Fsp3) is 0.235. The summed E-state index contributed by atoms with van der Waals surface area (Å²) in [6.07, 6.45) is 0. The van der Waals surface area contributed by atoms with Crippen molar-refractivity contribution in [3.05, 3.63) is 52.5 Å². The van der Waals surface area contributed by atoms with Crippen LogP contribution in [0.5, 0.6) is 11.5 Å². The Morgan fingerprint density at radius 1 is 1.00 bits per heavy atom. The van der Waals surface area contributed by atoms with Gasteiger partial charge in [-0.25, -0.2) is 0 Å². The molecule has 1 aliphatic heterocycles. The van der Waals surface area contributed by atoms with E-state index in [1.165, 1.54) is 7.11 Å². The molecule has 0 saturated heterocycles. The van der Waals surface area contributed by atoms with E-state index in [4.69, 9.17) is 25.8 Å². The zero-order valence-corrected chi connectivity index (χ0v) is 13.7. The Morgan fingerprint density at radius 3 is 2.43 bits per heavy atom. The third-order valence-electron chi connectivity index (χ3n) is 4.02. The highest BCUT2D eigenvalue weighted by Crippen LogP contribution is 2.48. The lowest BCUT2D eigenvalue weighted by Crippen LogP contribution is -2.38. The zero-order valence-electron chi connectivity index (χ0n) is 13.0. The van der Waals surface area contributed by atoms with E-state index in [0.717, 1.165) is 0 Å². The highest BCUT2D eigenvalue weighted by Gasteiger charge is 2.51. The summed E-state index contributed by atoms with van der Waals surface area (Å²) in [6, 6.07) is 10.4. The van der Waals surface area contributed by atoms with Gasteiger partial charge in [0.2, 0.25) is 5.60 Å². The Labute approximate surface area is 139 Å². The first kappa shape index (κ1) is 15.6. The second-order valence-corrected chi connectivity index (χ2v) is 5.53. The first-order valence-electron chi connectivity index (χ1n) is 6.96. The molecule has 0 aliphatic carbocycles. The molecule has 0 bridgehead atoms. The summed E-state index contributed by atoms with van der Waals surface area (Å²) in [7, 11) is 4.58. The molecule has 1 atom stereocenters. The van der Waals surface area contributed by atoms with Crippen LogP contribution in [0.3, 0.4) is 0 Å². The number of hydrogen-bond donors (Lipinski definition) is 1. The van der Waals surface area contributed by atoms with Crippen molar-refractivity contribution in [2.45, 2.75) is 5.60 Å². The van der Waals surface area contributed by atoms with E-state index in [9.17, 15) is 4.79 Å². The predicted molar refractivity (Wildman–Crippen MR) is 87.4 cm³/mol. The molecule has 1 N–H and O–H groups in total. The summed E-state index contributed by atoms with van der Waals surface area (Å²) in [5.74, 6) is 0.819. The van der Waals surface area contributed by atoms with E-state index < -0.39 is 5.60 Å². The first-order chi connectivity index (χ1) is 11.1. The van der Waals surface area contributed by atoms with Crippen LogP contribution in [0.2, 0.25) is 5.02 Å². The molecule has 1 unspecified atom stereocenters. The molecule has 2 aromatic carbocycles. The zero-order chi connectivity index (χ0) is 16.6. The van der Waals surface area contributed by atoms with Gasteiger partial charge in [0.25, 0.3) is 5.91 Å². The van der Waals surface area contributed by atoms with Crippen molar-refractivity contribution in [2.24, 2.45) is 0 Å². The third-order valence-corrected chi connectivity index (χ3v) is 4.26. The van der Waals surface area contributed by atoms with Gasteiger partial charge in [0.15, 0.2) is 0 Å². The van der Waals surface area contributed by atoms with Gasteiger partial charge < -0.3 is 19.5 Å². The molecule has 5 nitrogen and oxygen atoms in total. The maximum Gasteiger partial charge on any atom is 0.266 e. The summed E-state index contributed by atoms with van der Waals surface area (Å²) >= 11 is 6.12. The van der Waals surface area contributed by atoms with Gasteiger partial charge in [-0.2, -0.15) is 0 Å². The van der Waals surface area contributed by atoms with Crippen molar-refractivity contribution in [1.29, 1.82) is 0 Å². The monoisotopic (exact) mass is 333 g/mol. The lowest BCUT2D eigenvalue weighted by molar-refractivity contribution is -0.132. The Bertz CT molecular complexity index is 777. The van der Waals surface area contributed by atoms with Crippen molar-refractivity contribution < 1.29 is 19.0 Å². The Morgan fingerprint density at radius 2 is 1.78 bits per heavy atom. The Hall–Kier alpha value is -2.24. The highest BCUT2D eigenvalue weighted by molar-refractivity contribution is 6.31. The molecule has 0 aromatic heterocycles. The fourth-order valence-corrected chi connectivity index (χ4v) is 3.09. The fourth-order valence-electron chi connectivity index (χ4n) is 2.92. The molecule has 3 rings (SSSR count). The van der Waals surface area contributed by atoms with Crippen LogP contribution in [0.4, 0.5) is 5.69 Å². The van der Waals surface area contributed by atoms with Gasteiger partial charge in [-0.1, -0.05) is 11.6 Å². The molecular formula is C17H16ClNO4. The second kappa shape index (κ2) is 5.76. The van der Waals surface area contributed by atoms with Crippen LogP contribution in [0, 0.1) is 0 Å². The normalized spacial score (nSPS) is 19.2. The standard InChI is InChI=1S/C17H16ClNO4/c1-21-11-5-7-15(22-2)13(9-11)17(23-3)12-8-10(18)4-6-14(12)19-16(17)20/h4-9H,1-3H3,(H,19,20). The van der Waals surface area contributed by atoms with Crippen molar-refractivity contribution in [3.63, 3.8) is 0 Å². The van der Waals surface area contributed by atoms with Gasteiger partial charge in [-0.15, -0.1) is 0 Å². The number of benzene rings is 2. The van der Waals surface area contributed by atoms with Gasteiger partial charge in [-0.3, -0.25) is 4.79 Å². The van der Waals surface area contributed by atoms with Crippen LogP contribution >= 0.6 is 11.6 Å². The van der Waals surface area contributed by atoms with Gasteiger partial charge in [-0.05, 0) is 36.4 Å². The summed E-state index contributed by atoms with van der Waals surface area (Å²) in [5.41, 5.74) is 0.510. The van der Waals surface area contributed by atoms with Crippen LogP contribution in [0.25, 0.3) is 0 Å². The second-order valence-electron chi connectivity index (χ2n) is 5.10. The van der Waals surface area contributed by atoms with Crippen LogP contribution < -0.4 is 14.8 Å². The van der Waals surface area contributed by atoms with Crippen LogP contribution in [-0.4, -0.2) is 27.2 Å². The van der Waals surface area contributed by atoms with Crippen LogP contribution in [0.1, 0.15) is 11.1 Å². The molecule has 0 fully saturated rings. The van der Waals surface area contributed by atoms with Crippen molar-refractivity contribution >= 4 is 23.2 Å². The molecule has 1 amide bonds. The molecule has 0 spiro atoms. The van der Waals surface area contributed by atoms with Crippen molar-refractivity contribution in [2.75, 3.05) is 26.6 Å². The number of methoxy groups -OCH3 is 3. The number of rotatable bonds is 4. The Balaban J connectivity index is 2.32. The summed E-state index contributed by atoms with van der Waals surface area (Å²) in [6.45, 7) is 0. The van der Waals surface area contributed by atoms with Crippen molar-refractivity contribution in [1.82, 2.24) is 0 Å². The quantitative estimate of drug-likeness (QED) is 0.933. The SMILES string of the molecule is COc1ccc(OC)c(C2(OC)C(=O)Nc3ccc(Cl)cc32)c1. The largest absolute Gasteiger partial charge is 0.497 e. The number of halogens is 1. The average molecular weight is 334 g/mol. The minimum absolute atomic E-state index is 0.302. The molecule has 1 heterocycles. The number of carbonyl (C=O) groups is 1. The van der Waals surface area contributed by atoms with E-state index in [1.54, 1.807) is 50.6 Å².